The van der Waals surface area contributed by atoms with E-state index in [2.05, 4.69) is 34.0 Å². The molecule has 18 heavy (non-hydrogen) atoms. The predicted molar refractivity (Wildman–Crippen MR) is 87.3 cm³/mol. The van der Waals surface area contributed by atoms with Crippen LogP contribution in [-0.2, 0) is 4.74 Å². The van der Waals surface area contributed by atoms with Crippen LogP contribution >= 0.6 is 45.7 Å². The molecule has 1 aromatic heterocycles. The maximum Gasteiger partial charge on any atom is 0.0783 e. The molecule has 3 rings (SSSR count). The van der Waals surface area contributed by atoms with Crippen molar-refractivity contribution < 1.29 is 4.74 Å². The zero-order valence-corrected chi connectivity index (χ0v) is 14.0. The van der Waals surface area contributed by atoms with E-state index in [1.807, 2.05) is 11.8 Å². The van der Waals surface area contributed by atoms with Crippen LogP contribution in [0.25, 0.3) is 0 Å². The van der Waals surface area contributed by atoms with Crippen LogP contribution in [0.4, 0.5) is 0 Å². The van der Waals surface area contributed by atoms with Crippen molar-refractivity contribution in [3.8, 4) is 0 Å². The Kier molecular flexibility index (Phi) is 4.25. The van der Waals surface area contributed by atoms with Gasteiger partial charge in [-0.3, -0.25) is 0 Å². The number of thioether (sulfide) groups is 1. The normalized spacial score (nSPS) is 34.0. The van der Waals surface area contributed by atoms with Gasteiger partial charge in [0.25, 0.3) is 0 Å². The van der Waals surface area contributed by atoms with E-state index in [0.717, 1.165) is 25.2 Å². The van der Waals surface area contributed by atoms with Crippen LogP contribution in [0.5, 0.6) is 0 Å². The quantitative estimate of drug-likeness (QED) is 0.777. The molecule has 2 nitrogen and oxygen atoms in total. The van der Waals surface area contributed by atoms with Crippen LogP contribution in [0.15, 0.2) is 11.4 Å². The molecule has 1 aromatic rings. The molecule has 0 radical (unpaired) electrons. The Morgan fingerprint density at radius 2 is 2.44 bits per heavy atom. The fourth-order valence-electron chi connectivity index (χ4n) is 3.01. The molecule has 0 aliphatic carbocycles. The van der Waals surface area contributed by atoms with Gasteiger partial charge in [0, 0.05) is 18.4 Å². The molecule has 5 heteroatoms. The van der Waals surface area contributed by atoms with Crippen molar-refractivity contribution in [1.29, 1.82) is 0 Å². The summed E-state index contributed by atoms with van der Waals surface area (Å²) >= 11 is 6.19. The topological polar surface area (TPSA) is 35.2 Å². The van der Waals surface area contributed by atoms with Crippen LogP contribution in [-0.4, -0.2) is 23.7 Å². The number of thiophene rings is 1. The van der Waals surface area contributed by atoms with Crippen molar-refractivity contribution in [3.05, 3.63) is 19.9 Å². The van der Waals surface area contributed by atoms with Gasteiger partial charge in [-0.2, -0.15) is 11.8 Å². The van der Waals surface area contributed by atoms with E-state index in [1.54, 1.807) is 11.3 Å². The van der Waals surface area contributed by atoms with E-state index < -0.39 is 0 Å². The Balaban J connectivity index is 1.72. The summed E-state index contributed by atoms with van der Waals surface area (Å²) in [5.41, 5.74) is 7.94. The molecule has 2 aliphatic rings. The van der Waals surface area contributed by atoms with Crippen LogP contribution in [0.2, 0.25) is 0 Å². The van der Waals surface area contributed by atoms with Gasteiger partial charge in [0.1, 0.15) is 0 Å². The summed E-state index contributed by atoms with van der Waals surface area (Å²) in [6.45, 7) is 0.889. The molecule has 3 heterocycles. The summed E-state index contributed by atoms with van der Waals surface area (Å²) in [5.74, 6) is 3.00. The largest absolute Gasteiger partial charge is 0.374 e. The standard InChI is InChI=1S/C13H18INOS2/c14-11-5-10(7-18-11)12(15)9-1-3-16-13(6-9)2-4-17-8-13/h5,7,9,12H,1-4,6,8,15H2. The van der Waals surface area contributed by atoms with E-state index in [4.69, 9.17) is 10.5 Å². The van der Waals surface area contributed by atoms with Gasteiger partial charge in [-0.15, -0.1) is 11.3 Å². The maximum atomic E-state index is 6.47. The smallest absolute Gasteiger partial charge is 0.0783 e. The van der Waals surface area contributed by atoms with E-state index in [0.29, 0.717) is 5.92 Å². The van der Waals surface area contributed by atoms with Gasteiger partial charge >= 0.3 is 0 Å². The Hall–Kier alpha value is 0.700. The average Bonchev–Trinajstić information content (AvgIpc) is 2.98. The van der Waals surface area contributed by atoms with Crippen LogP contribution in [0.1, 0.15) is 30.9 Å². The van der Waals surface area contributed by atoms with Gasteiger partial charge in [-0.25, -0.2) is 0 Å². The summed E-state index contributed by atoms with van der Waals surface area (Å²) in [4.78, 5) is 0. The first-order valence-corrected chi connectivity index (χ1v) is 9.51. The van der Waals surface area contributed by atoms with Crippen molar-refractivity contribution in [1.82, 2.24) is 0 Å². The lowest BCUT2D eigenvalue weighted by atomic mass is 9.80. The highest BCUT2D eigenvalue weighted by atomic mass is 127. The number of halogens is 1. The van der Waals surface area contributed by atoms with Gasteiger partial charge in [0.15, 0.2) is 0 Å². The first-order chi connectivity index (χ1) is 8.69. The van der Waals surface area contributed by atoms with Gasteiger partial charge in [-0.05, 0) is 70.5 Å². The van der Waals surface area contributed by atoms with Crippen LogP contribution in [0, 0.1) is 8.80 Å². The molecule has 1 spiro atoms. The van der Waals surface area contributed by atoms with Gasteiger partial charge in [0.05, 0.1) is 8.48 Å². The zero-order chi connectivity index (χ0) is 12.6. The predicted octanol–water partition coefficient (Wildman–Crippen LogP) is 3.65. The molecule has 0 saturated carbocycles. The van der Waals surface area contributed by atoms with Crippen molar-refractivity contribution >= 4 is 45.7 Å². The highest BCUT2D eigenvalue weighted by Crippen LogP contribution is 2.43. The number of hydrogen-bond donors (Lipinski definition) is 1. The fourth-order valence-corrected chi connectivity index (χ4v) is 5.80. The Bertz CT molecular complexity index is 417. The second kappa shape index (κ2) is 5.60. The van der Waals surface area contributed by atoms with Crippen molar-refractivity contribution in [2.24, 2.45) is 11.7 Å². The zero-order valence-electron chi connectivity index (χ0n) is 10.2. The minimum atomic E-state index is 0.147. The average molecular weight is 395 g/mol. The molecule has 100 valence electrons. The van der Waals surface area contributed by atoms with Gasteiger partial charge in [-0.1, -0.05) is 0 Å². The molecule has 0 amide bonds. The van der Waals surface area contributed by atoms with E-state index in [-0.39, 0.29) is 11.6 Å². The van der Waals surface area contributed by atoms with E-state index >= 15 is 0 Å². The number of nitrogens with two attached hydrogens (primary N) is 1. The molecule has 2 N–H and O–H groups in total. The van der Waals surface area contributed by atoms with Crippen LogP contribution < -0.4 is 5.73 Å². The summed E-state index contributed by atoms with van der Waals surface area (Å²) in [7, 11) is 0. The van der Waals surface area contributed by atoms with Gasteiger partial charge < -0.3 is 10.5 Å². The number of ether oxygens (including phenoxy) is 1. The lowest BCUT2D eigenvalue weighted by Gasteiger charge is -2.39. The first-order valence-electron chi connectivity index (χ1n) is 6.40. The molecule has 2 fully saturated rings. The van der Waals surface area contributed by atoms with Crippen LogP contribution in [0.3, 0.4) is 0 Å². The second-order valence-electron chi connectivity index (χ2n) is 5.30. The third-order valence-corrected chi connectivity index (χ3v) is 7.11. The lowest BCUT2D eigenvalue weighted by molar-refractivity contribution is -0.0834. The summed E-state index contributed by atoms with van der Waals surface area (Å²) in [6.07, 6.45) is 3.47. The van der Waals surface area contributed by atoms with E-state index in [1.165, 1.54) is 20.6 Å². The Labute approximate surface area is 130 Å². The molecule has 0 bridgehead atoms. The first kappa shape index (κ1) is 13.7. The monoisotopic (exact) mass is 395 g/mol. The number of hydrogen-bond acceptors (Lipinski definition) is 4. The van der Waals surface area contributed by atoms with Gasteiger partial charge in [0.2, 0.25) is 0 Å². The molecule has 0 aromatic carbocycles. The highest BCUT2D eigenvalue weighted by Gasteiger charge is 2.42. The highest BCUT2D eigenvalue weighted by molar-refractivity contribution is 14.1. The molecular weight excluding hydrogens is 377 g/mol. The van der Waals surface area contributed by atoms with Crippen molar-refractivity contribution in [2.75, 3.05) is 18.1 Å². The third kappa shape index (κ3) is 2.75. The maximum absolute atomic E-state index is 6.47. The molecule has 3 unspecified atom stereocenters. The lowest BCUT2D eigenvalue weighted by Crippen LogP contribution is -2.42. The van der Waals surface area contributed by atoms with Crippen molar-refractivity contribution in [3.63, 3.8) is 0 Å². The number of rotatable bonds is 2. The fraction of sp³-hybridized carbons (Fsp3) is 0.692. The molecular formula is C13H18INOS2. The summed E-state index contributed by atoms with van der Waals surface area (Å²) in [6, 6.07) is 2.43. The summed E-state index contributed by atoms with van der Waals surface area (Å²) < 4.78 is 7.40. The Morgan fingerprint density at radius 3 is 3.11 bits per heavy atom. The third-order valence-electron chi connectivity index (χ3n) is 4.08. The SMILES string of the molecule is NC(c1csc(I)c1)C1CCOC2(CCSC2)C1. The van der Waals surface area contributed by atoms with E-state index in [9.17, 15) is 0 Å². The Morgan fingerprint density at radius 1 is 1.56 bits per heavy atom. The minimum Gasteiger partial charge on any atom is -0.374 e. The van der Waals surface area contributed by atoms with Crippen molar-refractivity contribution in [2.45, 2.75) is 30.9 Å². The summed E-state index contributed by atoms with van der Waals surface area (Å²) in [5, 5.41) is 2.22. The molecule has 3 atom stereocenters. The minimum absolute atomic E-state index is 0.147. The second-order valence-corrected chi connectivity index (χ2v) is 9.21. The molecule has 2 saturated heterocycles. The molecule has 2 aliphatic heterocycles.